The smallest absolute Gasteiger partial charge is 0.339 e. The van der Waals surface area contributed by atoms with Crippen LogP contribution in [0.5, 0.6) is 0 Å². The number of piperidine rings is 1. The highest BCUT2D eigenvalue weighted by atomic mass is 16.4. The van der Waals surface area contributed by atoms with E-state index in [0.717, 1.165) is 48.4 Å². The van der Waals surface area contributed by atoms with Gasteiger partial charge in [0.1, 0.15) is 5.56 Å². The number of nitrogens with zero attached hydrogens (tertiary/aromatic N) is 6. The quantitative estimate of drug-likeness (QED) is 0.428. The van der Waals surface area contributed by atoms with Crippen LogP contribution in [0.25, 0.3) is 16.8 Å². The van der Waals surface area contributed by atoms with Gasteiger partial charge in [-0.25, -0.2) is 9.48 Å². The SMILES string of the molecule is Cn1cc(CCc2c(C(=O)O)cnn2-c2cccc(-c3cccc(C(=O)N4CCCCC4)c3)c2)nn1. The molecule has 0 unspecified atom stereocenters. The zero-order chi connectivity index (χ0) is 25.1. The summed E-state index contributed by atoms with van der Waals surface area (Å²) in [5, 5.41) is 22.2. The molecule has 1 aliphatic rings. The van der Waals surface area contributed by atoms with Gasteiger partial charge in [-0.3, -0.25) is 9.48 Å². The summed E-state index contributed by atoms with van der Waals surface area (Å²) in [7, 11) is 1.80. The third-order valence-corrected chi connectivity index (χ3v) is 6.54. The highest BCUT2D eigenvalue weighted by Crippen LogP contribution is 2.26. The number of carboxylic acids is 1. The lowest BCUT2D eigenvalue weighted by molar-refractivity contribution is 0.0693. The average Bonchev–Trinajstić information content (AvgIpc) is 3.53. The van der Waals surface area contributed by atoms with E-state index in [1.165, 1.54) is 12.6 Å². The molecule has 2 aromatic carbocycles. The molecule has 3 heterocycles. The fraction of sp³-hybridized carbons (Fsp3) is 0.296. The standard InChI is InChI=1S/C27H28N6O3/c1-31-18-22(29-30-31)11-12-25-24(27(35)36)17-28-33(25)23-10-6-8-20(16-23)19-7-5-9-21(15-19)26(34)32-13-3-2-4-14-32/h5-10,15-18H,2-4,11-14H2,1H3,(H,35,36). The van der Waals surface area contributed by atoms with Crippen molar-refractivity contribution in [2.24, 2.45) is 7.05 Å². The van der Waals surface area contributed by atoms with Crippen LogP contribution in [0.3, 0.4) is 0 Å². The Morgan fingerprint density at radius 2 is 1.72 bits per heavy atom. The van der Waals surface area contributed by atoms with Crippen molar-refractivity contribution in [3.8, 4) is 16.8 Å². The molecule has 36 heavy (non-hydrogen) atoms. The molecular weight excluding hydrogens is 456 g/mol. The zero-order valence-electron chi connectivity index (χ0n) is 20.2. The molecule has 2 aromatic heterocycles. The van der Waals surface area contributed by atoms with Crippen LogP contribution >= 0.6 is 0 Å². The van der Waals surface area contributed by atoms with Gasteiger partial charge in [-0.05, 0) is 67.5 Å². The second kappa shape index (κ2) is 10.2. The number of hydrogen-bond donors (Lipinski definition) is 1. The fourth-order valence-corrected chi connectivity index (χ4v) is 4.70. The van der Waals surface area contributed by atoms with Crippen molar-refractivity contribution in [1.82, 2.24) is 29.7 Å². The van der Waals surface area contributed by atoms with Gasteiger partial charge in [-0.1, -0.05) is 29.5 Å². The molecule has 1 fully saturated rings. The topological polar surface area (TPSA) is 106 Å². The number of benzene rings is 2. The van der Waals surface area contributed by atoms with E-state index in [2.05, 4.69) is 15.4 Å². The number of likely N-dealkylation sites (tertiary alicyclic amines) is 1. The average molecular weight is 485 g/mol. The summed E-state index contributed by atoms with van der Waals surface area (Å²) in [5.74, 6) is -0.951. The second-order valence-electron chi connectivity index (χ2n) is 9.09. The summed E-state index contributed by atoms with van der Waals surface area (Å²) in [6, 6.07) is 15.4. The molecule has 1 saturated heterocycles. The largest absolute Gasteiger partial charge is 0.478 e. The van der Waals surface area contributed by atoms with E-state index < -0.39 is 5.97 Å². The molecule has 0 spiro atoms. The Kier molecular flexibility index (Phi) is 6.62. The first-order chi connectivity index (χ1) is 17.5. The highest BCUT2D eigenvalue weighted by molar-refractivity contribution is 5.95. The molecule has 9 nitrogen and oxygen atoms in total. The molecule has 4 aromatic rings. The lowest BCUT2D eigenvalue weighted by Crippen LogP contribution is -2.35. The van der Waals surface area contributed by atoms with Gasteiger partial charge in [-0.2, -0.15) is 5.10 Å². The Morgan fingerprint density at radius 3 is 2.44 bits per heavy atom. The number of carboxylic acid groups (broad SMARTS) is 1. The Balaban J connectivity index is 1.44. The molecule has 9 heteroatoms. The van der Waals surface area contributed by atoms with Crippen molar-refractivity contribution < 1.29 is 14.7 Å². The molecule has 0 atom stereocenters. The second-order valence-corrected chi connectivity index (χ2v) is 9.09. The first kappa shape index (κ1) is 23.5. The molecule has 1 N–H and O–H groups in total. The van der Waals surface area contributed by atoms with Crippen LogP contribution in [0, 0.1) is 0 Å². The van der Waals surface area contributed by atoms with Gasteiger partial charge in [0.05, 0.1) is 23.3 Å². The van der Waals surface area contributed by atoms with E-state index in [1.807, 2.05) is 59.6 Å². The first-order valence-electron chi connectivity index (χ1n) is 12.1. The number of carbonyl (C=O) groups excluding carboxylic acids is 1. The van der Waals surface area contributed by atoms with E-state index in [9.17, 15) is 14.7 Å². The van der Waals surface area contributed by atoms with Crippen LogP contribution in [0.2, 0.25) is 0 Å². The Labute approximate surface area is 209 Å². The monoisotopic (exact) mass is 484 g/mol. The van der Waals surface area contributed by atoms with Crippen molar-refractivity contribution in [3.05, 3.63) is 83.4 Å². The van der Waals surface area contributed by atoms with Gasteiger partial charge in [0.25, 0.3) is 5.91 Å². The van der Waals surface area contributed by atoms with Crippen molar-refractivity contribution >= 4 is 11.9 Å². The van der Waals surface area contributed by atoms with Gasteiger partial charge in [0.15, 0.2) is 0 Å². The minimum Gasteiger partial charge on any atom is -0.478 e. The predicted octanol–water partition coefficient (Wildman–Crippen LogP) is 3.78. The van der Waals surface area contributed by atoms with Crippen molar-refractivity contribution in [3.63, 3.8) is 0 Å². The summed E-state index contributed by atoms with van der Waals surface area (Å²) in [6.45, 7) is 1.61. The Hall–Kier alpha value is -4.27. The molecule has 1 amide bonds. The number of hydrogen-bond acceptors (Lipinski definition) is 5. The van der Waals surface area contributed by atoms with E-state index in [-0.39, 0.29) is 11.5 Å². The van der Waals surface area contributed by atoms with E-state index >= 15 is 0 Å². The van der Waals surface area contributed by atoms with Crippen molar-refractivity contribution in [2.75, 3.05) is 13.1 Å². The molecular formula is C27H28N6O3. The summed E-state index contributed by atoms with van der Waals surface area (Å²) in [4.78, 5) is 26.8. The van der Waals surface area contributed by atoms with Crippen LogP contribution in [0.4, 0.5) is 0 Å². The summed E-state index contributed by atoms with van der Waals surface area (Å²) in [5.41, 5.74) is 4.82. The Morgan fingerprint density at radius 1 is 0.972 bits per heavy atom. The molecule has 0 radical (unpaired) electrons. The number of amides is 1. The summed E-state index contributed by atoms with van der Waals surface area (Å²) < 4.78 is 3.30. The third-order valence-electron chi connectivity index (χ3n) is 6.54. The lowest BCUT2D eigenvalue weighted by Gasteiger charge is -2.26. The normalized spacial score (nSPS) is 13.6. The maximum Gasteiger partial charge on any atom is 0.339 e. The van der Waals surface area contributed by atoms with Crippen LogP contribution in [-0.4, -0.2) is 59.7 Å². The van der Waals surface area contributed by atoms with Crippen LogP contribution in [0.1, 0.15) is 51.4 Å². The molecule has 5 rings (SSSR count). The maximum absolute atomic E-state index is 13.0. The van der Waals surface area contributed by atoms with Gasteiger partial charge < -0.3 is 10.0 Å². The van der Waals surface area contributed by atoms with Crippen molar-refractivity contribution in [1.29, 1.82) is 0 Å². The minimum atomic E-state index is -1.02. The van der Waals surface area contributed by atoms with Crippen LogP contribution < -0.4 is 0 Å². The third kappa shape index (κ3) is 4.91. The summed E-state index contributed by atoms with van der Waals surface area (Å²) >= 11 is 0. The lowest BCUT2D eigenvalue weighted by atomic mass is 10.0. The molecule has 1 aliphatic heterocycles. The maximum atomic E-state index is 13.0. The number of carbonyl (C=O) groups is 2. The van der Waals surface area contributed by atoms with Gasteiger partial charge in [0.2, 0.25) is 0 Å². The van der Waals surface area contributed by atoms with Crippen molar-refractivity contribution in [2.45, 2.75) is 32.1 Å². The van der Waals surface area contributed by atoms with Crippen LogP contribution in [-0.2, 0) is 19.9 Å². The molecule has 0 aliphatic carbocycles. The number of aromatic nitrogens is 5. The Bertz CT molecular complexity index is 1400. The zero-order valence-corrected chi connectivity index (χ0v) is 20.2. The van der Waals surface area contributed by atoms with Gasteiger partial charge >= 0.3 is 5.97 Å². The number of rotatable bonds is 7. The van der Waals surface area contributed by atoms with Crippen LogP contribution in [0.15, 0.2) is 60.9 Å². The highest BCUT2D eigenvalue weighted by Gasteiger charge is 2.20. The number of aromatic carboxylic acids is 1. The number of aryl methyl sites for hydroxylation is 2. The fourth-order valence-electron chi connectivity index (χ4n) is 4.70. The molecule has 184 valence electrons. The molecule has 0 bridgehead atoms. The van der Waals surface area contributed by atoms with E-state index in [4.69, 9.17) is 0 Å². The summed E-state index contributed by atoms with van der Waals surface area (Å²) in [6.07, 6.45) is 7.47. The minimum absolute atomic E-state index is 0.0668. The van der Waals surface area contributed by atoms with E-state index in [1.54, 1.807) is 16.4 Å². The van der Waals surface area contributed by atoms with E-state index in [0.29, 0.717) is 24.1 Å². The van der Waals surface area contributed by atoms with Gasteiger partial charge in [-0.15, -0.1) is 5.10 Å². The van der Waals surface area contributed by atoms with Gasteiger partial charge in [0, 0.05) is 31.9 Å². The predicted molar refractivity (Wildman–Crippen MR) is 134 cm³/mol. The first-order valence-corrected chi connectivity index (χ1v) is 12.1. The molecule has 0 saturated carbocycles.